The van der Waals surface area contributed by atoms with Gasteiger partial charge in [-0.2, -0.15) is 0 Å². The second kappa shape index (κ2) is 5.87. The monoisotopic (exact) mass is 322 g/mol. The van der Waals surface area contributed by atoms with Gasteiger partial charge in [0, 0.05) is 6.54 Å². The summed E-state index contributed by atoms with van der Waals surface area (Å²) in [5, 5.41) is 3.83. The largest absolute Gasteiger partial charge is 0.494 e. The van der Waals surface area contributed by atoms with E-state index in [1.54, 1.807) is 22.9 Å². The molecule has 1 aromatic heterocycles. The molecule has 0 aliphatic carbocycles. The predicted octanol–water partition coefficient (Wildman–Crippen LogP) is 4.71. The van der Waals surface area contributed by atoms with Crippen molar-refractivity contribution >= 4 is 38.8 Å². The second-order valence-electron chi connectivity index (χ2n) is 4.44. The second-order valence-corrected chi connectivity index (χ2v) is 5.74. The van der Waals surface area contributed by atoms with E-state index in [9.17, 15) is 4.39 Å². The van der Waals surface area contributed by atoms with Crippen molar-refractivity contribution in [3.63, 3.8) is 0 Å². The fraction of sp³-hybridized carbons (Fsp3) is 0.133. The molecule has 21 heavy (non-hydrogen) atoms. The lowest BCUT2D eigenvalue weighted by atomic mass is 10.2. The van der Waals surface area contributed by atoms with Crippen LogP contribution in [0.5, 0.6) is 5.75 Å². The van der Waals surface area contributed by atoms with E-state index in [1.807, 2.05) is 18.2 Å². The summed E-state index contributed by atoms with van der Waals surface area (Å²) in [5.41, 5.74) is 4.18. The third kappa shape index (κ3) is 2.80. The molecule has 0 fully saturated rings. The minimum Gasteiger partial charge on any atom is -0.494 e. The summed E-state index contributed by atoms with van der Waals surface area (Å²) < 4.78 is 19.6. The molecule has 2 aromatic carbocycles. The SMILES string of the molecule is COc1ccc(CNc2c(Cl)ccc3scnc23)cc1F. The van der Waals surface area contributed by atoms with Crippen LogP contribution in [0, 0.1) is 5.82 Å². The first-order valence-electron chi connectivity index (χ1n) is 6.27. The Morgan fingerprint density at radius 2 is 2.19 bits per heavy atom. The summed E-state index contributed by atoms with van der Waals surface area (Å²) in [6, 6.07) is 8.63. The van der Waals surface area contributed by atoms with Gasteiger partial charge < -0.3 is 10.1 Å². The highest BCUT2D eigenvalue weighted by Gasteiger charge is 2.09. The van der Waals surface area contributed by atoms with Gasteiger partial charge in [-0.15, -0.1) is 11.3 Å². The fourth-order valence-electron chi connectivity index (χ4n) is 2.08. The summed E-state index contributed by atoms with van der Waals surface area (Å²) in [6.07, 6.45) is 0. The summed E-state index contributed by atoms with van der Waals surface area (Å²) in [4.78, 5) is 4.31. The van der Waals surface area contributed by atoms with E-state index in [-0.39, 0.29) is 11.6 Å². The van der Waals surface area contributed by atoms with Gasteiger partial charge in [-0.1, -0.05) is 17.7 Å². The molecule has 0 aliphatic rings. The first-order valence-corrected chi connectivity index (χ1v) is 7.53. The van der Waals surface area contributed by atoms with Crippen molar-refractivity contribution in [1.29, 1.82) is 0 Å². The first kappa shape index (κ1) is 14.1. The van der Waals surface area contributed by atoms with Crippen molar-refractivity contribution in [2.45, 2.75) is 6.54 Å². The number of rotatable bonds is 4. The normalized spacial score (nSPS) is 10.8. The van der Waals surface area contributed by atoms with Crippen LogP contribution in [0.2, 0.25) is 5.02 Å². The predicted molar refractivity (Wildman–Crippen MR) is 84.9 cm³/mol. The van der Waals surface area contributed by atoms with Gasteiger partial charge in [0.05, 0.1) is 28.0 Å². The number of methoxy groups -OCH3 is 1. The fourth-order valence-corrected chi connectivity index (χ4v) is 2.99. The summed E-state index contributed by atoms with van der Waals surface area (Å²) in [5.74, 6) is -0.145. The third-order valence-electron chi connectivity index (χ3n) is 3.14. The quantitative estimate of drug-likeness (QED) is 0.755. The molecule has 3 rings (SSSR count). The number of thiazole rings is 1. The molecule has 6 heteroatoms. The van der Waals surface area contributed by atoms with Crippen LogP contribution in [0.4, 0.5) is 10.1 Å². The standard InChI is InChI=1S/C15H12ClFN2OS/c1-20-12-4-2-9(6-11(12)17)7-18-14-10(16)3-5-13-15(14)19-8-21-13/h2-6,8,18H,7H2,1H3. The van der Waals surface area contributed by atoms with Crippen LogP contribution in [0.3, 0.4) is 0 Å². The number of ether oxygens (including phenoxy) is 1. The highest BCUT2D eigenvalue weighted by Crippen LogP contribution is 2.32. The Bertz CT molecular complexity index is 790. The Morgan fingerprint density at radius 3 is 2.95 bits per heavy atom. The van der Waals surface area contributed by atoms with Crippen molar-refractivity contribution < 1.29 is 9.13 Å². The van der Waals surface area contributed by atoms with Gasteiger partial charge in [-0.05, 0) is 29.8 Å². The van der Waals surface area contributed by atoms with E-state index in [1.165, 1.54) is 13.2 Å². The molecule has 0 aliphatic heterocycles. The lowest BCUT2D eigenvalue weighted by Crippen LogP contribution is -2.01. The van der Waals surface area contributed by atoms with Gasteiger partial charge in [-0.25, -0.2) is 9.37 Å². The minimum atomic E-state index is -0.380. The Kier molecular flexibility index (Phi) is 3.94. The van der Waals surface area contributed by atoms with Crippen LogP contribution < -0.4 is 10.1 Å². The van der Waals surface area contributed by atoms with Crippen molar-refractivity contribution in [1.82, 2.24) is 4.98 Å². The molecular formula is C15H12ClFN2OS. The third-order valence-corrected chi connectivity index (χ3v) is 4.25. The molecule has 0 radical (unpaired) electrons. The van der Waals surface area contributed by atoms with Gasteiger partial charge in [0.25, 0.3) is 0 Å². The first-order chi connectivity index (χ1) is 10.2. The van der Waals surface area contributed by atoms with E-state index >= 15 is 0 Å². The van der Waals surface area contributed by atoms with Gasteiger partial charge >= 0.3 is 0 Å². The van der Waals surface area contributed by atoms with Crippen molar-refractivity contribution in [3.8, 4) is 5.75 Å². The van der Waals surface area contributed by atoms with Crippen molar-refractivity contribution in [3.05, 3.63) is 52.2 Å². The zero-order chi connectivity index (χ0) is 14.8. The zero-order valence-electron chi connectivity index (χ0n) is 11.2. The maximum absolute atomic E-state index is 13.7. The van der Waals surface area contributed by atoms with E-state index in [0.717, 1.165) is 21.5 Å². The Labute approximate surface area is 130 Å². The molecule has 0 saturated carbocycles. The summed E-state index contributed by atoms with van der Waals surface area (Å²) in [6.45, 7) is 0.456. The van der Waals surface area contributed by atoms with Crippen LogP contribution in [-0.2, 0) is 6.54 Å². The van der Waals surface area contributed by atoms with Gasteiger partial charge in [-0.3, -0.25) is 0 Å². The molecule has 0 spiro atoms. The average molecular weight is 323 g/mol. The lowest BCUT2D eigenvalue weighted by Gasteiger charge is -2.10. The van der Waals surface area contributed by atoms with Gasteiger partial charge in [0.1, 0.15) is 5.52 Å². The molecule has 0 bridgehead atoms. The van der Waals surface area contributed by atoms with Crippen LogP contribution >= 0.6 is 22.9 Å². The molecule has 1 heterocycles. The molecule has 3 aromatic rings. The summed E-state index contributed by atoms with van der Waals surface area (Å²) >= 11 is 7.77. The summed E-state index contributed by atoms with van der Waals surface area (Å²) in [7, 11) is 1.44. The molecule has 0 saturated heterocycles. The number of hydrogen-bond acceptors (Lipinski definition) is 4. The van der Waals surface area contributed by atoms with Crippen molar-refractivity contribution in [2.24, 2.45) is 0 Å². The van der Waals surface area contributed by atoms with Gasteiger partial charge in [0.2, 0.25) is 0 Å². The number of hydrogen-bond donors (Lipinski definition) is 1. The number of benzene rings is 2. The Morgan fingerprint density at radius 1 is 1.33 bits per heavy atom. The molecule has 3 nitrogen and oxygen atoms in total. The van der Waals surface area contributed by atoms with E-state index in [0.29, 0.717) is 11.6 Å². The minimum absolute atomic E-state index is 0.235. The Balaban J connectivity index is 1.85. The highest BCUT2D eigenvalue weighted by atomic mass is 35.5. The smallest absolute Gasteiger partial charge is 0.165 e. The highest BCUT2D eigenvalue weighted by molar-refractivity contribution is 7.16. The number of nitrogens with zero attached hydrogens (tertiary/aromatic N) is 1. The van der Waals surface area contributed by atoms with Gasteiger partial charge in [0.15, 0.2) is 11.6 Å². The van der Waals surface area contributed by atoms with E-state index in [4.69, 9.17) is 16.3 Å². The Hall–Kier alpha value is -1.85. The molecule has 0 unspecified atom stereocenters. The van der Waals surface area contributed by atoms with Crippen LogP contribution in [-0.4, -0.2) is 12.1 Å². The van der Waals surface area contributed by atoms with Crippen molar-refractivity contribution in [2.75, 3.05) is 12.4 Å². The maximum Gasteiger partial charge on any atom is 0.165 e. The molecule has 0 amide bonds. The number of halogens is 2. The van der Waals surface area contributed by atoms with Crippen LogP contribution in [0.25, 0.3) is 10.2 Å². The number of anilines is 1. The average Bonchev–Trinajstić information content (AvgIpc) is 2.95. The molecule has 108 valence electrons. The van der Waals surface area contributed by atoms with E-state index < -0.39 is 0 Å². The number of fused-ring (bicyclic) bond motifs is 1. The lowest BCUT2D eigenvalue weighted by molar-refractivity contribution is 0.386. The topological polar surface area (TPSA) is 34.1 Å². The van der Waals surface area contributed by atoms with Crippen LogP contribution in [0.15, 0.2) is 35.8 Å². The molecule has 0 atom stereocenters. The maximum atomic E-state index is 13.7. The zero-order valence-corrected chi connectivity index (χ0v) is 12.8. The number of aromatic nitrogens is 1. The van der Waals surface area contributed by atoms with Crippen LogP contribution in [0.1, 0.15) is 5.56 Å². The molecular weight excluding hydrogens is 311 g/mol. The number of nitrogens with one attached hydrogen (secondary N) is 1. The molecule has 1 N–H and O–H groups in total. The van der Waals surface area contributed by atoms with E-state index in [2.05, 4.69) is 10.3 Å².